The van der Waals surface area contributed by atoms with Gasteiger partial charge in [-0.1, -0.05) is 11.6 Å². The van der Waals surface area contributed by atoms with E-state index >= 15 is 0 Å². The van der Waals surface area contributed by atoms with Gasteiger partial charge in [-0.15, -0.1) is 22.8 Å². The maximum atomic E-state index is 5.08. The fourth-order valence-electron chi connectivity index (χ4n) is 1.11. The van der Waals surface area contributed by atoms with Crippen LogP contribution in [0.15, 0.2) is 33.9 Å². The molecule has 0 spiro atoms. The molecule has 0 bridgehead atoms. The zero-order chi connectivity index (χ0) is 9.26. The van der Waals surface area contributed by atoms with E-state index in [0.717, 1.165) is 16.0 Å². The third kappa shape index (κ3) is 1.58. The van der Waals surface area contributed by atoms with Crippen molar-refractivity contribution in [2.75, 3.05) is 0 Å². The summed E-state index contributed by atoms with van der Waals surface area (Å²) in [4.78, 5) is 0.842. The van der Waals surface area contributed by atoms with E-state index in [2.05, 4.69) is 22.8 Å². The first-order valence-electron chi connectivity index (χ1n) is 3.83. The number of hydrogen-bond donors (Lipinski definition) is 1. The zero-order valence-corrected chi connectivity index (χ0v) is 7.95. The van der Waals surface area contributed by atoms with Crippen molar-refractivity contribution in [2.45, 2.75) is 11.8 Å². The minimum Gasteiger partial charge on any atom is -0.423 e. The number of thiol groups is 1. The molecule has 0 unspecified atom stereocenters. The summed E-state index contributed by atoms with van der Waals surface area (Å²) in [6, 6.07) is 5.87. The van der Waals surface area contributed by atoms with Crippen LogP contribution in [0.1, 0.15) is 5.56 Å². The number of benzene rings is 1. The fourth-order valence-corrected chi connectivity index (χ4v) is 1.35. The van der Waals surface area contributed by atoms with Crippen molar-refractivity contribution in [3.63, 3.8) is 0 Å². The maximum Gasteiger partial charge on any atom is 0.248 e. The average Bonchev–Trinajstić information content (AvgIpc) is 2.61. The van der Waals surface area contributed by atoms with Crippen LogP contribution < -0.4 is 0 Å². The van der Waals surface area contributed by atoms with Gasteiger partial charge in [-0.25, -0.2) is 0 Å². The van der Waals surface area contributed by atoms with E-state index in [-0.39, 0.29) is 0 Å². The van der Waals surface area contributed by atoms with Gasteiger partial charge in [0, 0.05) is 4.90 Å². The molecular weight excluding hydrogens is 184 g/mol. The van der Waals surface area contributed by atoms with Gasteiger partial charge in [0.05, 0.1) is 5.56 Å². The first kappa shape index (κ1) is 8.31. The molecule has 0 saturated carbocycles. The van der Waals surface area contributed by atoms with Gasteiger partial charge < -0.3 is 4.42 Å². The molecular formula is C9H8N2OS. The lowest BCUT2D eigenvalue weighted by Crippen LogP contribution is -1.82. The molecule has 13 heavy (non-hydrogen) atoms. The third-order valence-electron chi connectivity index (χ3n) is 1.74. The Labute approximate surface area is 81.2 Å². The van der Waals surface area contributed by atoms with E-state index in [1.54, 1.807) is 0 Å². The average molecular weight is 192 g/mol. The number of aromatic nitrogens is 2. The maximum absolute atomic E-state index is 5.08. The van der Waals surface area contributed by atoms with Crippen molar-refractivity contribution in [2.24, 2.45) is 0 Å². The molecule has 2 rings (SSSR count). The van der Waals surface area contributed by atoms with Crippen LogP contribution in [0.4, 0.5) is 0 Å². The third-order valence-corrected chi connectivity index (χ3v) is 2.13. The monoisotopic (exact) mass is 192 g/mol. The SMILES string of the molecule is Cc1ccc(S)c(-c2nnco2)c1. The molecule has 0 aliphatic carbocycles. The molecule has 2 aromatic rings. The summed E-state index contributed by atoms with van der Waals surface area (Å²) in [5.74, 6) is 0.508. The van der Waals surface area contributed by atoms with Crippen LogP contribution in [-0.4, -0.2) is 10.2 Å². The molecule has 0 atom stereocenters. The highest BCUT2D eigenvalue weighted by Gasteiger charge is 2.06. The first-order chi connectivity index (χ1) is 6.27. The van der Waals surface area contributed by atoms with Crippen LogP contribution in [0.25, 0.3) is 11.5 Å². The second kappa shape index (κ2) is 3.22. The normalized spacial score (nSPS) is 10.3. The Morgan fingerprint density at radius 2 is 2.23 bits per heavy atom. The molecule has 0 saturated heterocycles. The van der Waals surface area contributed by atoms with Gasteiger partial charge >= 0.3 is 0 Å². The smallest absolute Gasteiger partial charge is 0.248 e. The number of aryl methyl sites for hydroxylation is 1. The number of hydrogen-bond acceptors (Lipinski definition) is 4. The van der Waals surface area contributed by atoms with E-state index in [0.29, 0.717) is 5.89 Å². The Bertz CT molecular complexity index is 412. The standard InChI is InChI=1S/C9H8N2OS/c1-6-2-3-8(13)7(4-6)9-11-10-5-12-9/h2-5,13H,1H3. The molecule has 0 aliphatic heterocycles. The molecule has 4 heteroatoms. The summed E-state index contributed by atoms with van der Waals surface area (Å²) < 4.78 is 5.08. The summed E-state index contributed by atoms with van der Waals surface area (Å²) >= 11 is 4.30. The highest BCUT2D eigenvalue weighted by Crippen LogP contribution is 2.25. The van der Waals surface area contributed by atoms with Crippen LogP contribution in [0.2, 0.25) is 0 Å². The molecule has 0 fully saturated rings. The van der Waals surface area contributed by atoms with E-state index in [1.165, 1.54) is 6.39 Å². The quantitative estimate of drug-likeness (QED) is 0.705. The predicted molar refractivity (Wildman–Crippen MR) is 51.7 cm³/mol. The predicted octanol–water partition coefficient (Wildman–Crippen LogP) is 2.33. The highest BCUT2D eigenvalue weighted by molar-refractivity contribution is 7.80. The van der Waals surface area contributed by atoms with Crippen molar-refractivity contribution in [3.05, 3.63) is 30.2 Å². The highest BCUT2D eigenvalue weighted by atomic mass is 32.1. The Kier molecular flexibility index (Phi) is 2.06. The van der Waals surface area contributed by atoms with E-state index < -0.39 is 0 Å². The van der Waals surface area contributed by atoms with Crippen LogP contribution in [-0.2, 0) is 0 Å². The molecule has 66 valence electrons. The second-order valence-electron chi connectivity index (χ2n) is 2.76. The molecule has 1 aromatic heterocycles. The van der Waals surface area contributed by atoms with E-state index in [4.69, 9.17) is 4.42 Å². The largest absolute Gasteiger partial charge is 0.423 e. The van der Waals surface area contributed by atoms with Gasteiger partial charge in [0.2, 0.25) is 12.3 Å². The Hall–Kier alpha value is -1.29. The molecule has 0 radical (unpaired) electrons. The molecule has 1 heterocycles. The van der Waals surface area contributed by atoms with E-state index in [1.807, 2.05) is 25.1 Å². The lowest BCUT2D eigenvalue weighted by molar-refractivity contribution is 0.567. The molecule has 0 N–H and O–H groups in total. The molecule has 3 nitrogen and oxygen atoms in total. The lowest BCUT2D eigenvalue weighted by Gasteiger charge is -2.00. The van der Waals surface area contributed by atoms with Crippen LogP contribution in [0.3, 0.4) is 0 Å². The van der Waals surface area contributed by atoms with Crippen molar-refractivity contribution in [1.29, 1.82) is 0 Å². The van der Waals surface area contributed by atoms with Gasteiger partial charge in [0.1, 0.15) is 0 Å². The summed E-state index contributed by atoms with van der Waals surface area (Å²) in [6.45, 7) is 2.01. The lowest BCUT2D eigenvalue weighted by atomic mass is 10.1. The van der Waals surface area contributed by atoms with Crippen molar-refractivity contribution < 1.29 is 4.42 Å². The van der Waals surface area contributed by atoms with Crippen LogP contribution in [0, 0.1) is 6.92 Å². The Balaban J connectivity index is 2.57. The summed E-state index contributed by atoms with van der Waals surface area (Å²) in [6.07, 6.45) is 1.31. The molecule has 0 amide bonds. The summed E-state index contributed by atoms with van der Waals surface area (Å²) in [5, 5.41) is 7.44. The van der Waals surface area contributed by atoms with Gasteiger partial charge in [-0.2, -0.15) is 0 Å². The fraction of sp³-hybridized carbons (Fsp3) is 0.111. The molecule has 0 aliphatic rings. The summed E-state index contributed by atoms with van der Waals surface area (Å²) in [7, 11) is 0. The number of rotatable bonds is 1. The minimum atomic E-state index is 0.508. The van der Waals surface area contributed by atoms with Gasteiger partial charge in [-0.3, -0.25) is 0 Å². The Morgan fingerprint density at radius 3 is 2.92 bits per heavy atom. The minimum absolute atomic E-state index is 0.508. The van der Waals surface area contributed by atoms with Crippen molar-refractivity contribution in [3.8, 4) is 11.5 Å². The van der Waals surface area contributed by atoms with Gasteiger partial charge in [0.15, 0.2) is 0 Å². The van der Waals surface area contributed by atoms with Crippen LogP contribution in [0.5, 0.6) is 0 Å². The number of nitrogens with zero attached hydrogens (tertiary/aromatic N) is 2. The Morgan fingerprint density at radius 1 is 1.38 bits per heavy atom. The van der Waals surface area contributed by atoms with Gasteiger partial charge in [0.25, 0.3) is 0 Å². The summed E-state index contributed by atoms with van der Waals surface area (Å²) in [5.41, 5.74) is 2.02. The van der Waals surface area contributed by atoms with Crippen LogP contribution >= 0.6 is 12.6 Å². The zero-order valence-electron chi connectivity index (χ0n) is 7.06. The first-order valence-corrected chi connectivity index (χ1v) is 4.28. The van der Waals surface area contributed by atoms with Crippen molar-refractivity contribution in [1.82, 2.24) is 10.2 Å². The van der Waals surface area contributed by atoms with Gasteiger partial charge in [-0.05, 0) is 19.1 Å². The van der Waals surface area contributed by atoms with Crippen molar-refractivity contribution >= 4 is 12.6 Å². The topological polar surface area (TPSA) is 38.9 Å². The van der Waals surface area contributed by atoms with E-state index in [9.17, 15) is 0 Å². The second-order valence-corrected chi connectivity index (χ2v) is 3.25. The molecule has 1 aromatic carbocycles.